The molecule has 4 heterocycles. The molecule has 34 heavy (non-hydrogen) atoms. The van der Waals surface area contributed by atoms with Crippen molar-refractivity contribution in [1.29, 1.82) is 0 Å². The number of aromatic nitrogens is 3. The number of rotatable bonds is 1. The van der Waals surface area contributed by atoms with Gasteiger partial charge in [-0.3, -0.25) is 9.20 Å². The number of nitrogens with zero attached hydrogens (tertiary/aromatic N) is 4. The number of likely N-dealkylation sites (tertiary alicyclic amines) is 1. The van der Waals surface area contributed by atoms with Gasteiger partial charge in [0.1, 0.15) is 29.0 Å². The van der Waals surface area contributed by atoms with Crippen molar-refractivity contribution >= 4 is 28.3 Å². The molecule has 2 aliphatic heterocycles. The highest BCUT2D eigenvalue weighted by Crippen LogP contribution is 2.47. The molecule has 7 nitrogen and oxygen atoms in total. The molecule has 2 aromatic heterocycles. The number of alkyl halides is 3. The summed E-state index contributed by atoms with van der Waals surface area (Å²) in [4.78, 5) is 23.2. The van der Waals surface area contributed by atoms with E-state index in [2.05, 4.69) is 9.97 Å². The van der Waals surface area contributed by atoms with Crippen LogP contribution in [-0.2, 0) is 6.18 Å². The van der Waals surface area contributed by atoms with Crippen LogP contribution < -0.4 is 10.5 Å². The summed E-state index contributed by atoms with van der Waals surface area (Å²) in [6, 6.07) is 5.01. The molecule has 0 unspecified atom stereocenters. The summed E-state index contributed by atoms with van der Waals surface area (Å²) in [6.45, 7) is 0.261. The van der Waals surface area contributed by atoms with Crippen molar-refractivity contribution in [3.8, 4) is 5.75 Å². The third-order valence-corrected chi connectivity index (χ3v) is 6.47. The molecule has 2 atom stereocenters. The van der Waals surface area contributed by atoms with E-state index in [0.29, 0.717) is 29.6 Å². The summed E-state index contributed by atoms with van der Waals surface area (Å²) in [5.41, 5.74) is 6.35. The number of amides is 1. The molecule has 1 saturated heterocycles. The zero-order valence-corrected chi connectivity index (χ0v) is 17.5. The molecular formula is C23H17F4N5O2. The number of fused-ring (bicyclic) bond motifs is 6. The maximum atomic E-state index is 15.1. The van der Waals surface area contributed by atoms with Gasteiger partial charge in [-0.25, -0.2) is 14.4 Å². The van der Waals surface area contributed by atoms with Gasteiger partial charge in [0.25, 0.3) is 5.91 Å². The topological polar surface area (TPSA) is 85.8 Å². The van der Waals surface area contributed by atoms with Crippen LogP contribution in [-0.4, -0.2) is 37.8 Å². The number of anilines is 1. The molecule has 2 aromatic carbocycles. The average molecular weight is 471 g/mol. The highest BCUT2D eigenvalue weighted by Gasteiger charge is 2.45. The summed E-state index contributed by atoms with van der Waals surface area (Å²) in [7, 11) is 0. The smallest absolute Gasteiger partial charge is 0.416 e. The summed E-state index contributed by atoms with van der Waals surface area (Å²) in [5, 5.41) is 0. The van der Waals surface area contributed by atoms with Gasteiger partial charge in [-0.15, -0.1) is 0 Å². The fraction of sp³-hybridized carbons (Fsp3) is 0.261. The number of nitrogens with two attached hydrogens (primary N) is 1. The molecule has 0 saturated carbocycles. The molecule has 6 rings (SSSR count). The minimum Gasteiger partial charge on any atom is -0.488 e. The number of ether oxygens (including phenoxy) is 1. The zero-order chi connectivity index (χ0) is 23.8. The Balaban J connectivity index is 1.45. The molecule has 174 valence electrons. The van der Waals surface area contributed by atoms with Gasteiger partial charge in [0, 0.05) is 18.2 Å². The standard InChI is InChI=1S/C23H17F4N5O2/c24-14-8-15-16(32-10-29-9-17(32)21(28)30-15)7-12(14)22(33)31-5-1-2-19-20(31)13-6-11(23(25,26)27)3-4-18(13)34-19/h3-4,6-10,19-20H,1-2,5H2,(H2,28,30)/t19-,20-/m0/s1. The summed E-state index contributed by atoms with van der Waals surface area (Å²) in [6.07, 6.45) is -0.894. The van der Waals surface area contributed by atoms with Crippen molar-refractivity contribution in [2.45, 2.75) is 31.2 Å². The van der Waals surface area contributed by atoms with Crippen LogP contribution in [0.2, 0.25) is 0 Å². The second-order valence-electron chi connectivity index (χ2n) is 8.46. The second-order valence-corrected chi connectivity index (χ2v) is 8.46. The molecule has 1 amide bonds. The van der Waals surface area contributed by atoms with Crippen LogP contribution in [0.1, 0.15) is 40.4 Å². The fourth-order valence-electron chi connectivity index (χ4n) is 4.92. The van der Waals surface area contributed by atoms with Gasteiger partial charge in [-0.05, 0) is 37.1 Å². The summed E-state index contributed by atoms with van der Waals surface area (Å²) >= 11 is 0. The molecule has 2 aliphatic rings. The Bertz CT molecular complexity index is 1480. The van der Waals surface area contributed by atoms with Crippen molar-refractivity contribution in [3.63, 3.8) is 0 Å². The normalized spacial score (nSPS) is 19.8. The van der Waals surface area contributed by atoms with E-state index in [-0.39, 0.29) is 29.0 Å². The monoisotopic (exact) mass is 471 g/mol. The maximum absolute atomic E-state index is 15.1. The number of carbonyl (C=O) groups excluding carboxylic acids is 1. The Kier molecular flexibility index (Phi) is 4.29. The molecule has 0 aliphatic carbocycles. The number of hydrogen-bond acceptors (Lipinski definition) is 5. The van der Waals surface area contributed by atoms with Crippen molar-refractivity contribution in [2.24, 2.45) is 0 Å². The summed E-state index contributed by atoms with van der Waals surface area (Å²) in [5.74, 6) is -0.953. The highest BCUT2D eigenvalue weighted by molar-refractivity contribution is 5.99. The van der Waals surface area contributed by atoms with Crippen molar-refractivity contribution < 1.29 is 27.1 Å². The lowest BCUT2D eigenvalue weighted by Crippen LogP contribution is -2.44. The third-order valence-electron chi connectivity index (χ3n) is 6.47. The molecule has 0 bridgehead atoms. The number of piperidine rings is 1. The van der Waals surface area contributed by atoms with E-state index in [4.69, 9.17) is 10.5 Å². The highest BCUT2D eigenvalue weighted by atomic mass is 19.4. The van der Waals surface area contributed by atoms with Crippen LogP contribution in [0, 0.1) is 5.82 Å². The number of benzene rings is 2. The molecule has 2 N–H and O–H groups in total. The predicted molar refractivity (Wildman–Crippen MR) is 114 cm³/mol. The van der Waals surface area contributed by atoms with E-state index in [0.717, 1.165) is 18.2 Å². The molecule has 1 fully saturated rings. The van der Waals surface area contributed by atoms with E-state index in [1.54, 1.807) is 4.40 Å². The number of halogens is 4. The Morgan fingerprint density at radius 2 is 2.00 bits per heavy atom. The van der Waals surface area contributed by atoms with Crippen LogP contribution >= 0.6 is 0 Å². The lowest BCUT2D eigenvalue weighted by atomic mass is 9.92. The molecule has 4 aromatic rings. The quantitative estimate of drug-likeness (QED) is 0.417. The Labute approximate surface area is 189 Å². The Hall–Kier alpha value is -3.89. The zero-order valence-electron chi connectivity index (χ0n) is 17.5. The van der Waals surface area contributed by atoms with Crippen molar-refractivity contribution in [3.05, 3.63) is 65.4 Å². The molecule has 11 heteroatoms. The van der Waals surface area contributed by atoms with Gasteiger partial charge in [0.2, 0.25) is 0 Å². The van der Waals surface area contributed by atoms with Crippen LogP contribution in [0.25, 0.3) is 16.6 Å². The Morgan fingerprint density at radius 1 is 1.18 bits per heavy atom. The van der Waals surface area contributed by atoms with Crippen LogP contribution in [0.15, 0.2) is 42.9 Å². The van der Waals surface area contributed by atoms with Crippen LogP contribution in [0.3, 0.4) is 0 Å². The first kappa shape index (κ1) is 20.7. The molecule has 0 spiro atoms. The van der Waals surface area contributed by atoms with Gasteiger partial charge in [0.15, 0.2) is 0 Å². The van der Waals surface area contributed by atoms with Gasteiger partial charge in [0.05, 0.1) is 40.7 Å². The SMILES string of the molecule is Nc1nc2cc(F)c(C(=O)N3CCC[C@@H]4Oc5ccc(C(F)(F)F)cc5[C@@H]43)cc2n2cncc12. The first-order valence-electron chi connectivity index (χ1n) is 10.6. The van der Waals surface area contributed by atoms with E-state index in [1.807, 2.05) is 0 Å². The minimum atomic E-state index is -4.54. The number of nitrogen functional groups attached to an aromatic ring is 1. The largest absolute Gasteiger partial charge is 0.488 e. The van der Waals surface area contributed by atoms with Gasteiger partial charge in [-0.1, -0.05) is 0 Å². The first-order chi connectivity index (χ1) is 16.2. The van der Waals surface area contributed by atoms with Crippen LogP contribution in [0.4, 0.5) is 23.4 Å². The first-order valence-corrected chi connectivity index (χ1v) is 10.6. The van der Waals surface area contributed by atoms with E-state index < -0.39 is 35.6 Å². The van der Waals surface area contributed by atoms with Gasteiger partial charge in [-0.2, -0.15) is 13.2 Å². The minimum absolute atomic E-state index is 0.169. The molecular weight excluding hydrogens is 454 g/mol. The van der Waals surface area contributed by atoms with E-state index in [9.17, 15) is 18.0 Å². The number of hydrogen-bond donors (Lipinski definition) is 1. The van der Waals surface area contributed by atoms with Crippen molar-refractivity contribution in [1.82, 2.24) is 19.3 Å². The van der Waals surface area contributed by atoms with E-state index in [1.165, 1.54) is 29.6 Å². The third kappa shape index (κ3) is 2.99. The van der Waals surface area contributed by atoms with Crippen LogP contribution in [0.5, 0.6) is 5.75 Å². The van der Waals surface area contributed by atoms with E-state index >= 15 is 4.39 Å². The predicted octanol–water partition coefficient (Wildman–Crippen LogP) is 4.36. The lowest BCUT2D eigenvalue weighted by molar-refractivity contribution is -0.137. The summed E-state index contributed by atoms with van der Waals surface area (Å²) < 4.78 is 62.6. The van der Waals surface area contributed by atoms with Gasteiger partial charge < -0.3 is 15.4 Å². The molecule has 0 radical (unpaired) electrons. The van der Waals surface area contributed by atoms with Crippen molar-refractivity contribution in [2.75, 3.05) is 12.3 Å². The Morgan fingerprint density at radius 3 is 2.79 bits per heavy atom. The lowest BCUT2D eigenvalue weighted by Gasteiger charge is -2.36. The van der Waals surface area contributed by atoms with Gasteiger partial charge >= 0.3 is 6.18 Å². The maximum Gasteiger partial charge on any atom is 0.416 e. The second kappa shape index (κ2) is 7.05. The average Bonchev–Trinajstić information content (AvgIpc) is 3.42. The fourth-order valence-corrected chi connectivity index (χ4v) is 4.92. The number of carbonyl (C=O) groups is 1. The number of imidazole rings is 1.